The third kappa shape index (κ3) is 14.8. The highest BCUT2D eigenvalue weighted by Crippen LogP contribution is 2.16. The number of Topliss-reactive ketones (excluding diaryl/α,β-unsaturated/α-hetero) is 1. The van der Waals surface area contributed by atoms with E-state index in [1.165, 1.54) is 30.3 Å². The summed E-state index contributed by atoms with van der Waals surface area (Å²) in [6.07, 6.45) is 0.282. The molecular formula is C37H48FN11O6S. The minimum absolute atomic E-state index is 0.115. The van der Waals surface area contributed by atoms with E-state index in [0.717, 1.165) is 11.3 Å². The Balaban J connectivity index is 1.93. The highest BCUT2D eigenvalue weighted by molar-refractivity contribution is 7.13. The third-order valence-corrected chi connectivity index (χ3v) is 9.01. The number of halogens is 1. The molecule has 0 aliphatic heterocycles. The highest BCUT2D eigenvalue weighted by atomic mass is 32.1. The van der Waals surface area contributed by atoms with Gasteiger partial charge in [0.15, 0.2) is 11.9 Å². The third-order valence-electron chi connectivity index (χ3n) is 8.14. The van der Waals surface area contributed by atoms with Crippen LogP contribution in [0.25, 0.3) is 0 Å². The largest absolute Gasteiger partial charge is 0.370 e. The Morgan fingerprint density at radius 1 is 0.696 bits per heavy atom. The lowest BCUT2D eigenvalue weighted by molar-refractivity contribution is -0.134. The van der Waals surface area contributed by atoms with Gasteiger partial charge < -0.3 is 49.9 Å². The van der Waals surface area contributed by atoms with Crippen molar-refractivity contribution in [1.82, 2.24) is 21.3 Å². The van der Waals surface area contributed by atoms with Crippen LogP contribution < -0.4 is 49.9 Å². The summed E-state index contributed by atoms with van der Waals surface area (Å²) in [5.74, 6) is -6.02. The van der Waals surface area contributed by atoms with Gasteiger partial charge in [-0.05, 0) is 72.0 Å². The predicted octanol–water partition coefficient (Wildman–Crippen LogP) is -0.0156. The molecule has 0 bridgehead atoms. The molecule has 0 aliphatic rings. The lowest BCUT2D eigenvalue weighted by Crippen LogP contribution is -2.59. The van der Waals surface area contributed by atoms with Gasteiger partial charge in [0.1, 0.15) is 30.0 Å². The summed E-state index contributed by atoms with van der Waals surface area (Å²) >= 11 is 1.04. The van der Waals surface area contributed by atoms with E-state index in [1.54, 1.807) is 35.7 Å². The maximum atomic E-state index is 14.1. The average Bonchev–Trinajstić information content (AvgIpc) is 3.68. The monoisotopic (exact) mass is 793 g/mol. The van der Waals surface area contributed by atoms with Crippen molar-refractivity contribution in [2.24, 2.45) is 44.6 Å². The van der Waals surface area contributed by atoms with Gasteiger partial charge in [0, 0.05) is 19.4 Å². The molecule has 56 heavy (non-hydrogen) atoms. The summed E-state index contributed by atoms with van der Waals surface area (Å²) in [5.41, 5.74) is 28.7. The SMILES string of the molecule is CC(C)C[C@H](NC(=O)[C@H](Cc1ccc(N=C(N)N)cc1)NC(=O)[C@H](Cc1ccc(F)cc1)NC(=O)C(=O)c1cccs1)C(=O)N[C@@H](CCCN=C(N)N)C(N)=O. The van der Waals surface area contributed by atoms with Crippen LogP contribution in [0.1, 0.15) is 53.9 Å². The molecule has 0 aliphatic carbocycles. The van der Waals surface area contributed by atoms with E-state index in [9.17, 15) is 33.2 Å². The fourth-order valence-corrected chi connectivity index (χ4v) is 6.08. The van der Waals surface area contributed by atoms with Gasteiger partial charge in [-0.25, -0.2) is 9.38 Å². The second-order valence-corrected chi connectivity index (χ2v) is 14.2. The Morgan fingerprint density at radius 2 is 1.23 bits per heavy atom. The predicted molar refractivity (Wildman–Crippen MR) is 211 cm³/mol. The fraction of sp³-hybridized carbons (Fsp3) is 0.351. The summed E-state index contributed by atoms with van der Waals surface area (Å²) in [6.45, 7) is 3.84. The number of benzene rings is 2. The van der Waals surface area contributed by atoms with E-state index in [0.29, 0.717) is 23.2 Å². The van der Waals surface area contributed by atoms with Crippen LogP contribution in [0.2, 0.25) is 0 Å². The number of primary amides is 1. The van der Waals surface area contributed by atoms with Crippen LogP contribution in [-0.2, 0) is 36.8 Å². The number of carbonyl (C=O) groups is 6. The highest BCUT2D eigenvalue weighted by Gasteiger charge is 2.32. The molecule has 0 saturated heterocycles. The van der Waals surface area contributed by atoms with Gasteiger partial charge in [0.2, 0.25) is 23.6 Å². The van der Waals surface area contributed by atoms with Gasteiger partial charge in [-0.2, -0.15) is 0 Å². The smallest absolute Gasteiger partial charge is 0.293 e. The first-order valence-corrected chi connectivity index (χ1v) is 18.5. The van der Waals surface area contributed by atoms with Crippen molar-refractivity contribution in [3.05, 3.63) is 87.9 Å². The van der Waals surface area contributed by atoms with Gasteiger partial charge in [-0.3, -0.25) is 33.8 Å². The van der Waals surface area contributed by atoms with Gasteiger partial charge in [-0.1, -0.05) is 44.2 Å². The Bertz CT molecular complexity index is 1880. The number of nitrogens with one attached hydrogen (secondary N) is 4. The first-order chi connectivity index (χ1) is 26.5. The Hall–Kier alpha value is -6.37. The zero-order chi connectivity index (χ0) is 41.4. The van der Waals surface area contributed by atoms with Crippen molar-refractivity contribution in [2.75, 3.05) is 6.54 Å². The fourth-order valence-electron chi connectivity index (χ4n) is 5.42. The maximum Gasteiger partial charge on any atom is 0.293 e. The molecule has 2 aromatic carbocycles. The van der Waals surface area contributed by atoms with E-state index >= 15 is 0 Å². The van der Waals surface area contributed by atoms with Gasteiger partial charge in [0.25, 0.3) is 11.7 Å². The van der Waals surface area contributed by atoms with Crippen molar-refractivity contribution < 1.29 is 33.2 Å². The van der Waals surface area contributed by atoms with Crippen molar-refractivity contribution in [3.63, 3.8) is 0 Å². The van der Waals surface area contributed by atoms with Crippen molar-refractivity contribution >= 4 is 64.3 Å². The van der Waals surface area contributed by atoms with Crippen LogP contribution >= 0.6 is 11.3 Å². The summed E-state index contributed by atoms with van der Waals surface area (Å²) in [4.78, 5) is 87.9. The second kappa shape index (κ2) is 21.5. The number of nitrogens with zero attached hydrogens (tertiary/aromatic N) is 2. The first kappa shape index (κ1) is 44.0. The van der Waals surface area contributed by atoms with Crippen molar-refractivity contribution in [1.29, 1.82) is 0 Å². The molecule has 14 N–H and O–H groups in total. The zero-order valence-electron chi connectivity index (χ0n) is 31.0. The Morgan fingerprint density at radius 3 is 1.75 bits per heavy atom. The van der Waals surface area contributed by atoms with Crippen molar-refractivity contribution in [2.45, 2.75) is 70.1 Å². The number of thiophene rings is 1. The van der Waals surface area contributed by atoms with Crippen LogP contribution in [0.4, 0.5) is 10.1 Å². The van der Waals surface area contributed by atoms with Gasteiger partial charge in [0.05, 0.1) is 10.6 Å². The minimum atomic E-state index is -1.40. The molecule has 0 fully saturated rings. The van der Waals surface area contributed by atoms with Crippen LogP contribution in [0.5, 0.6) is 0 Å². The number of rotatable bonds is 21. The molecule has 1 aromatic heterocycles. The van der Waals surface area contributed by atoms with Crippen molar-refractivity contribution in [3.8, 4) is 0 Å². The average molecular weight is 794 g/mol. The topological polar surface area (TPSA) is 305 Å². The van der Waals surface area contributed by atoms with E-state index < -0.39 is 65.3 Å². The number of ketones is 1. The number of carbonyl (C=O) groups excluding carboxylic acids is 6. The molecule has 0 radical (unpaired) electrons. The lowest BCUT2D eigenvalue weighted by atomic mass is 9.99. The molecule has 3 rings (SSSR count). The number of nitrogens with two attached hydrogens (primary N) is 5. The molecule has 300 valence electrons. The first-order valence-electron chi connectivity index (χ1n) is 17.6. The van der Waals surface area contributed by atoms with E-state index in [1.807, 2.05) is 13.8 Å². The normalized spacial score (nSPS) is 12.9. The summed E-state index contributed by atoms with van der Waals surface area (Å²) in [6, 6.07) is 9.65. The van der Waals surface area contributed by atoms with E-state index in [-0.39, 0.29) is 54.9 Å². The number of amides is 5. The molecule has 19 heteroatoms. The minimum Gasteiger partial charge on any atom is -0.370 e. The number of hydrogen-bond acceptors (Lipinski definition) is 9. The molecule has 0 unspecified atom stereocenters. The molecule has 5 amide bonds. The molecule has 17 nitrogen and oxygen atoms in total. The second-order valence-electron chi connectivity index (χ2n) is 13.2. The molecule has 4 atom stereocenters. The maximum absolute atomic E-state index is 14.1. The van der Waals surface area contributed by atoms with Crippen LogP contribution in [0.15, 0.2) is 76.0 Å². The van der Waals surface area contributed by atoms with Gasteiger partial charge >= 0.3 is 0 Å². The Kier molecular flexibility index (Phi) is 16.9. The zero-order valence-corrected chi connectivity index (χ0v) is 31.8. The summed E-state index contributed by atoms with van der Waals surface area (Å²) in [7, 11) is 0. The molecular weight excluding hydrogens is 746 g/mol. The number of guanidine groups is 2. The van der Waals surface area contributed by atoms with Crippen LogP contribution in [-0.4, -0.2) is 78.0 Å². The summed E-state index contributed by atoms with van der Waals surface area (Å²) < 4.78 is 13.7. The Labute approximate surface area is 327 Å². The molecule has 0 saturated carbocycles. The quantitative estimate of drug-likeness (QED) is 0.0228. The summed E-state index contributed by atoms with van der Waals surface area (Å²) in [5, 5.41) is 12.0. The van der Waals surface area contributed by atoms with E-state index in [4.69, 9.17) is 28.7 Å². The molecule has 0 spiro atoms. The van der Waals surface area contributed by atoms with Crippen LogP contribution in [0.3, 0.4) is 0 Å². The standard InChI is InChI=1S/C37H48FN11O6S/c1-20(2)17-26(32(52)46-25(31(39)51)5-3-15-44-36(40)41)47-33(53)27(19-22-9-13-24(14-10-22)45-37(42)43)48-34(54)28(18-21-7-11-23(38)12-8-21)49-35(55)30(50)29-6-4-16-56-29/h4,6-14,16,20,25-28H,3,5,15,17-19H2,1-2H3,(H2,39,51)(H,46,52)(H,47,53)(H,48,54)(H,49,55)(H4,40,41,44)(H4,42,43,45)/t25-,26-,27-,28-/m0/s1. The molecule has 3 aromatic rings. The lowest BCUT2D eigenvalue weighted by Gasteiger charge is -2.27. The van der Waals surface area contributed by atoms with E-state index in [2.05, 4.69) is 31.3 Å². The number of hydrogen-bond donors (Lipinski definition) is 9. The van der Waals surface area contributed by atoms with Crippen LogP contribution in [0, 0.1) is 11.7 Å². The van der Waals surface area contributed by atoms with Gasteiger partial charge in [-0.15, -0.1) is 11.3 Å². The molecule has 1 heterocycles. The number of aliphatic imine (C=N–C) groups is 2.